The molecule has 1 saturated carbocycles. The Bertz CT molecular complexity index is 501. The molecule has 0 atom stereocenters. The number of rotatable bonds is 7. The van der Waals surface area contributed by atoms with E-state index < -0.39 is 5.41 Å². The van der Waals surface area contributed by atoms with E-state index in [1.807, 2.05) is 20.2 Å². The van der Waals surface area contributed by atoms with Crippen LogP contribution in [0.25, 0.3) is 0 Å². The third-order valence-electron chi connectivity index (χ3n) is 3.54. The van der Waals surface area contributed by atoms with Crippen molar-refractivity contribution < 1.29 is 9.53 Å². The number of carbonyl (C=O) groups is 1. The highest BCUT2D eigenvalue weighted by molar-refractivity contribution is 9.10. The molecule has 110 valence electrons. The lowest BCUT2D eigenvalue weighted by Crippen LogP contribution is -2.29. The number of aromatic nitrogens is 1. The van der Waals surface area contributed by atoms with Crippen LogP contribution in [-0.2, 0) is 10.2 Å². The molecule has 0 radical (unpaired) electrons. The lowest BCUT2D eigenvalue weighted by molar-refractivity contribution is -0.120. The Labute approximate surface area is 127 Å². The molecule has 1 aliphatic carbocycles. The van der Waals surface area contributed by atoms with Gasteiger partial charge in [-0.2, -0.15) is 0 Å². The van der Waals surface area contributed by atoms with Gasteiger partial charge in [-0.05, 0) is 55.4 Å². The molecule has 1 aliphatic rings. The minimum absolute atomic E-state index is 0.296. The molecule has 1 amide bonds. The Balaban J connectivity index is 2.11. The second-order valence-electron chi connectivity index (χ2n) is 5.46. The highest BCUT2D eigenvalue weighted by Crippen LogP contribution is 2.51. The maximum Gasteiger partial charge on any atom is 0.228 e. The van der Waals surface area contributed by atoms with E-state index in [0.717, 1.165) is 35.8 Å². The van der Waals surface area contributed by atoms with Gasteiger partial charge in [-0.3, -0.25) is 4.79 Å². The molecule has 1 aromatic heterocycles. The minimum atomic E-state index is -0.576. The molecular formula is C14H20BrN3O2. The first-order valence-electron chi connectivity index (χ1n) is 6.69. The van der Waals surface area contributed by atoms with Gasteiger partial charge in [0.25, 0.3) is 0 Å². The monoisotopic (exact) mass is 341 g/mol. The van der Waals surface area contributed by atoms with E-state index in [0.29, 0.717) is 12.5 Å². The van der Waals surface area contributed by atoms with Gasteiger partial charge in [-0.15, -0.1) is 0 Å². The summed E-state index contributed by atoms with van der Waals surface area (Å²) >= 11 is 3.39. The van der Waals surface area contributed by atoms with E-state index in [2.05, 4.69) is 25.8 Å². The van der Waals surface area contributed by atoms with Crippen molar-refractivity contribution in [3.63, 3.8) is 0 Å². The summed E-state index contributed by atoms with van der Waals surface area (Å²) in [5, 5.41) is 0. The maximum absolute atomic E-state index is 11.7. The van der Waals surface area contributed by atoms with Crippen LogP contribution in [0, 0.1) is 0 Å². The lowest BCUT2D eigenvalue weighted by Gasteiger charge is -2.17. The van der Waals surface area contributed by atoms with Crippen LogP contribution in [0.4, 0.5) is 0 Å². The Morgan fingerprint density at radius 1 is 1.55 bits per heavy atom. The number of ether oxygens (including phenoxy) is 1. The third kappa shape index (κ3) is 3.30. The van der Waals surface area contributed by atoms with Crippen LogP contribution in [0.15, 0.2) is 16.7 Å². The van der Waals surface area contributed by atoms with Crippen LogP contribution in [-0.4, -0.2) is 43.0 Å². The van der Waals surface area contributed by atoms with Crippen LogP contribution < -0.4 is 10.5 Å². The van der Waals surface area contributed by atoms with Gasteiger partial charge in [-0.1, -0.05) is 0 Å². The summed E-state index contributed by atoms with van der Waals surface area (Å²) in [6, 6.07) is 1.89. The summed E-state index contributed by atoms with van der Waals surface area (Å²) in [6.07, 6.45) is 4.14. The van der Waals surface area contributed by atoms with Gasteiger partial charge >= 0.3 is 0 Å². The highest BCUT2D eigenvalue weighted by atomic mass is 79.9. The predicted octanol–water partition coefficient (Wildman–Crippen LogP) is 1.69. The van der Waals surface area contributed by atoms with Gasteiger partial charge in [-0.25, -0.2) is 4.98 Å². The van der Waals surface area contributed by atoms with E-state index in [9.17, 15) is 4.79 Å². The van der Waals surface area contributed by atoms with Crippen LogP contribution in [0.1, 0.15) is 24.8 Å². The molecule has 1 aromatic rings. The summed E-state index contributed by atoms with van der Waals surface area (Å²) < 4.78 is 6.59. The molecule has 0 unspecified atom stereocenters. The first-order chi connectivity index (χ1) is 9.45. The standard InChI is InChI=1S/C14H20BrN3O2/c1-18(2)6-3-7-20-12-11(8-10(15)9-17-12)14(4-5-14)13(16)19/h8-9H,3-7H2,1-2H3,(H2,16,19). The zero-order valence-corrected chi connectivity index (χ0v) is 13.4. The fourth-order valence-corrected chi connectivity index (χ4v) is 2.54. The second-order valence-corrected chi connectivity index (χ2v) is 6.37. The van der Waals surface area contributed by atoms with Crippen molar-refractivity contribution in [2.45, 2.75) is 24.7 Å². The number of carbonyl (C=O) groups excluding carboxylic acids is 1. The van der Waals surface area contributed by atoms with Crippen molar-refractivity contribution in [1.82, 2.24) is 9.88 Å². The molecule has 20 heavy (non-hydrogen) atoms. The summed E-state index contributed by atoms with van der Waals surface area (Å²) in [5.74, 6) is 0.235. The molecule has 2 rings (SSSR count). The van der Waals surface area contributed by atoms with Crippen molar-refractivity contribution in [2.24, 2.45) is 5.73 Å². The van der Waals surface area contributed by atoms with E-state index in [-0.39, 0.29) is 5.91 Å². The number of hydrogen-bond acceptors (Lipinski definition) is 4. The number of nitrogens with two attached hydrogens (primary N) is 1. The Morgan fingerprint density at radius 3 is 2.80 bits per heavy atom. The molecule has 6 heteroatoms. The highest BCUT2D eigenvalue weighted by Gasteiger charge is 2.52. The van der Waals surface area contributed by atoms with E-state index in [4.69, 9.17) is 10.5 Å². The van der Waals surface area contributed by atoms with Crippen molar-refractivity contribution in [3.8, 4) is 5.88 Å². The maximum atomic E-state index is 11.7. The summed E-state index contributed by atoms with van der Waals surface area (Å²) in [5.41, 5.74) is 5.77. The van der Waals surface area contributed by atoms with E-state index in [1.54, 1.807) is 6.20 Å². The van der Waals surface area contributed by atoms with Gasteiger partial charge < -0.3 is 15.4 Å². The largest absolute Gasteiger partial charge is 0.477 e. The van der Waals surface area contributed by atoms with E-state index in [1.165, 1.54) is 0 Å². The fraction of sp³-hybridized carbons (Fsp3) is 0.571. The zero-order valence-electron chi connectivity index (χ0n) is 11.9. The van der Waals surface area contributed by atoms with Gasteiger partial charge in [0.2, 0.25) is 11.8 Å². The third-order valence-corrected chi connectivity index (χ3v) is 3.98. The van der Waals surface area contributed by atoms with Gasteiger partial charge in [0.1, 0.15) is 0 Å². The van der Waals surface area contributed by atoms with Crippen molar-refractivity contribution in [1.29, 1.82) is 0 Å². The quantitative estimate of drug-likeness (QED) is 0.766. The summed E-state index contributed by atoms with van der Waals surface area (Å²) in [4.78, 5) is 18.1. The molecule has 0 bridgehead atoms. The number of primary amides is 1. The topological polar surface area (TPSA) is 68.4 Å². The van der Waals surface area contributed by atoms with Crippen molar-refractivity contribution >= 4 is 21.8 Å². The van der Waals surface area contributed by atoms with Gasteiger partial charge in [0, 0.05) is 22.8 Å². The van der Waals surface area contributed by atoms with Crippen LogP contribution in [0.5, 0.6) is 5.88 Å². The molecular weight excluding hydrogens is 322 g/mol. The smallest absolute Gasteiger partial charge is 0.228 e. The van der Waals surface area contributed by atoms with Gasteiger partial charge in [0.05, 0.1) is 12.0 Å². The van der Waals surface area contributed by atoms with Crippen molar-refractivity contribution in [2.75, 3.05) is 27.2 Å². The first kappa shape index (κ1) is 15.3. The van der Waals surface area contributed by atoms with Crippen LogP contribution in [0.2, 0.25) is 0 Å². The number of halogens is 1. The second kappa shape index (κ2) is 6.10. The molecule has 0 saturated heterocycles. The number of pyridine rings is 1. The van der Waals surface area contributed by atoms with Crippen LogP contribution in [0.3, 0.4) is 0 Å². The number of amides is 1. The summed E-state index contributed by atoms with van der Waals surface area (Å²) in [6.45, 7) is 1.53. The molecule has 0 spiro atoms. The average Bonchev–Trinajstić information content (AvgIpc) is 3.17. The molecule has 0 aromatic carbocycles. The molecule has 5 nitrogen and oxygen atoms in total. The Morgan fingerprint density at radius 2 is 2.25 bits per heavy atom. The summed E-state index contributed by atoms with van der Waals surface area (Å²) in [7, 11) is 4.05. The molecule has 0 aliphatic heterocycles. The zero-order chi connectivity index (χ0) is 14.8. The SMILES string of the molecule is CN(C)CCCOc1ncc(Br)cc1C1(C(N)=O)CC1. The fourth-order valence-electron chi connectivity index (χ4n) is 2.21. The predicted molar refractivity (Wildman–Crippen MR) is 80.7 cm³/mol. The average molecular weight is 342 g/mol. The van der Waals surface area contributed by atoms with Gasteiger partial charge in [0.15, 0.2) is 0 Å². The first-order valence-corrected chi connectivity index (χ1v) is 7.48. The van der Waals surface area contributed by atoms with E-state index >= 15 is 0 Å². The molecule has 1 fully saturated rings. The Hall–Kier alpha value is -1.14. The normalized spacial score (nSPS) is 16.2. The number of hydrogen-bond donors (Lipinski definition) is 1. The minimum Gasteiger partial charge on any atom is -0.477 e. The Kier molecular flexibility index (Phi) is 4.65. The van der Waals surface area contributed by atoms with Crippen molar-refractivity contribution in [3.05, 3.63) is 22.3 Å². The molecule has 2 N–H and O–H groups in total. The number of nitrogens with zero attached hydrogens (tertiary/aromatic N) is 2. The molecule has 1 heterocycles. The van der Waals surface area contributed by atoms with Crippen LogP contribution >= 0.6 is 15.9 Å². The lowest BCUT2D eigenvalue weighted by atomic mass is 9.96.